The molecule has 0 aliphatic heterocycles. The summed E-state index contributed by atoms with van der Waals surface area (Å²) >= 11 is 0. The zero-order valence-electron chi connectivity index (χ0n) is 7.78. The van der Waals surface area contributed by atoms with E-state index in [2.05, 4.69) is 6.58 Å². The number of hydrogen-bond acceptors (Lipinski definition) is 0. The van der Waals surface area contributed by atoms with Crippen LogP contribution in [0.3, 0.4) is 0 Å². The fraction of sp³-hybridized carbons (Fsp3) is 0.400. The van der Waals surface area contributed by atoms with E-state index in [0.717, 1.165) is 0 Å². The minimum Gasteiger partial charge on any atom is -0.171 e. The quantitative estimate of drug-likeness (QED) is 0.589. The highest BCUT2D eigenvalue weighted by molar-refractivity contribution is 5.31. The lowest BCUT2D eigenvalue weighted by Crippen LogP contribution is -2.08. The number of hydrogen-bond donors (Lipinski definition) is 0. The maximum absolute atomic E-state index is 12.0. The lowest BCUT2D eigenvalue weighted by atomic mass is 10.1. The van der Waals surface area contributed by atoms with Crippen LogP contribution in [-0.4, -0.2) is 6.18 Å². The van der Waals surface area contributed by atoms with Crippen LogP contribution in [0.1, 0.15) is 20.3 Å². The summed E-state index contributed by atoms with van der Waals surface area (Å²) in [4.78, 5) is 0. The van der Waals surface area contributed by atoms with Crippen molar-refractivity contribution in [3.63, 3.8) is 0 Å². The van der Waals surface area contributed by atoms with Crippen LogP contribution in [0.25, 0.3) is 0 Å². The molecule has 0 heterocycles. The van der Waals surface area contributed by atoms with Crippen LogP contribution in [0.4, 0.5) is 13.2 Å². The summed E-state index contributed by atoms with van der Waals surface area (Å²) < 4.78 is 36.0. The van der Waals surface area contributed by atoms with Crippen molar-refractivity contribution in [1.82, 2.24) is 0 Å². The van der Waals surface area contributed by atoms with Crippen molar-refractivity contribution in [1.29, 1.82) is 0 Å². The molecule has 0 unspecified atom stereocenters. The molecule has 0 aromatic rings. The number of allylic oxidation sites excluding steroid dienone is 5. The topological polar surface area (TPSA) is 0 Å². The molecule has 0 N–H and O–H groups in total. The summed E-state index contributed by atoms with van der Waals surface area (Å²) in [5, 5.41) is 0. The van der Waals surface area contributed by atoms with E-state index < -0.39 is 12.6 Å². The Labute approximate surface area is 76.5 Å². The third-order valence-corrected chi connectivity index (χ3v) is 1.56. The summed E-state index contributed by atoms with van der Waals surface area (Å²) in [5.74, 6) is 0. The summed E-state index contributed by atoms with van der Waals surface area (Å²) in [7, 11) is 0. The SMILES string of the molecule is C=C/C(CC(F)(F)F)=C(C)\C=C/C. The molecule has 0 rings (SSSR count). The third kappa shape index (κ3) is 5.28. The molecule has 0 spiro atoms. The van der Waals surface area contributed by atoms with Crippen molar-refractivity contribution in [2.75, 3.05) is 0 Å². The van der Waals surface area contributed by atoms with Gasteiger partial charge in [0.2, 0.25) is 0 Å². The molecule has 0 aliphatic rings. The van der Waals surface area contributed by atoms with Gasteiger partial charge in [-0.3, -0.25) is 0 Å². The molecule has 0 amide bonds. The Morgan fingerprint density at radius 3 is 2.23 bits per heavy atom. The highest BCUT2D eigenvalue weighted by atomic mass is 19.4. The predicted octanol–water partition coefficient (Wildman–Crippen LogP) is 4.02. The highest BCUT2D eigenvalue weighted by Gasteiger charge is 2.28. The molecule has 0 nitrogen and oxygen atoms in total. The number of halogens is 3. The molecule has 0 aromatic heterocycles. The van der Waals surface area contributed by atoms with Crippen LogP contribution in [0.2, 0.25) is 0 Å². The van der Waals surface area contributed by atoms with Crippen molar-refractivity contribution in [3.8, 4) is 0 Å². The molecule has 0 aliphatic carbocycles. The standard InChI is InChI=1S/C10H13F3/c1-4-6-8(3)9(5-2)7-10(11,12)13/h4-6H,2,7H2,1,3H3/b6-4-,9-8+. The van der Waals surface area contributed by atoms with Crippen LogP contribution >= 0.6 is 0 Å². The van der Waals surface area contributed by atoms with Crippen molar-refractivity contribution < 1.29 is 13.2 Å². The van der Waals surface area contributed by atoms with Gasteiger partial charge in [0.25, 0.3) is 0 Å². The minimum absolute atomic E-state index is 0.227. The van der Waals surface area contributed by atoms with Gasteiger partial charge in [0.1, 0.15) is 0 Å². The second kappa shape index (κ2) is 4.90. The highest BCUT2D eigenvalue weighted by Crippen LogP contribution is 2.26. The monoisotopic (exact) mass is 190 g/mol. The summed E-state index contributed by atoms with van der Waals surface area (Å²) in [6, 6.07) is 0. The van der Waals surface area contributed by atoms with Crippen molar-refractivity contribution in [2.24, 2.45) is 0 Å². The first-order valence-corrected chi connectivity index (χ1v) is 3.92. The number of alkyl halides is 3. The van der Waals surface area contributed by atoms with Gasteiger partial charge in [0.05, 0.1) is 6.42 Å². The Hall–Kier alpha value is -0.990. The minimum atomic E-state index is -4.16. The van der Waals surface area contributed by atoms with Gasteiger partial charge < -0.3 is 0 Å². The zero-order chi connectivity index (χ0) is 10.5. The van der Waals surface area contributed by atoms with Gasteiger partial charge in [-0.15, -0.1) is 0 Å². The average Bonchev–Trinajstić information content (AvgIpc) is 1.99. The van der Waals surface area contributed by atoms with Crippen molar-refractivity contribution in [2.45, 2.75) is 26.4 Å². The van der Waals surface area contributed by atoms with Gasteiger partial charge in [-0.25, -0.2) is 0 Å². The Kier molecular flexibility index (Phi) is 4.52. The van der Waals surface area contributed by atoms with E-state index in [9.17, 15) is 13.2 Å². The number of rotatable bonds is 3. The molecule has 0 saturated carbocycles. The lowest BCUT2D eigenvalue weighted by Gasteiger charge is -2.08. The van der Waals surface area contributed by atoms with Gasteiger partial charge in [-0.05, 0) is 25.0 Å². The largest absolute Gasteiger partial charge is 0.393 e. The van der Waals surface area contributed by atoms with Gasteiger partial charge in [-0.1, -0.05) is 24.8 Å². The van der Waals surface area contributed by atoms with E-state index in [1.165, 1.54) is 6.08 Å². The molecule has 0 radical (unpaired) electrons. The van der Waals surface area contributed by atoms with Crippen LogP contribution in [0.15, 0.2) is 36.0 Å². The molecule has 13 heavy (non-hydrogen) atoms. The maximum Gasteiger partial charge on any atom is 0.393 e. The Balaban J connectivity index is 4.69. The van der Waals surface area contributed by atoms with E-state index in [1.54, 1.807) is 26.0 Å². The van der Waals surface area contributed by atoms with Gasteiger partial charge in [0.15, 0.2) is 0 Å². The van der Waals surface area contributed by atoms with E-state index in [4.69, 9.17) is 0 Å². The molecule has 3 heteroatoms. The average molecular weight is 190 g/mol. The predicted molar refractivity (Wildman–Crippen MR) is 48.4 cm³/mol. The van der Waals surface area contributed by atoms with Crippen LogP contribution in [0.5, 0.6) is 0 Å². The van der Waals surface area contributed by atoms with E-state index in [1.807, 2.05) is 0 Å². The molecule has 0 bridgehead atoms. The summed E-state index contributed by atoms with van der Waals surface area (Å²) in [6.45, 7) is 6.76. The normalized spacial score (nSPS) is 14.5. The molecular weight excluding hydrogens is 177 g/mol. The molecule has 0 saturated heterocycles. The van der Waals surface area contributed by atoms with Gasteiger partial charge in [0, 0.05) is 0 Å². The second-order valence-electron chi connectivity index (χ2n) is 2.70. The van der Waals surface area contributed by atoms with E-state index in [0.29, 0.717) is 5.57 Å². The fourth-order valence-electron chi connectivity index (χ4n) is 0.946. The lowest BCUT2D eigenvalue weighted by molar-refractivity contribution is -0.126. The first kappa shape index (κ1) is 12.0. The van der Waals surface area contributed by atoms with E-state index >= 15 is 0 Å². The summed E-state index contributed by atoms with van der Waals surface area (Å²) in [5.41, 5.74) is 0.834. The first-order valence-electron chi connectivity index (χ1n) is 3.92. The third-order valence-electron chi connectivity index (χ3n) is 1.56. The van der Waals surface area contributed by atoms with Crippen molar-refractivity contribution >= 4 is 0 Å². The molecule has 0 fully saturated rings. The summed E-state index contributed by atoms with van der Waals surface area (Å²) in [6.07, 6.45) is -0.472. The first-order chi connectivity index (χ1) is 5.90. The van der Waals surface area contributed by atoms with Crippen LogP contribution in [-0.2, 0) is 0 Å². The molecular formula is C10H13F3. The Bertz CT molecular complexity index is 231. The molecule has 0 aromatic carbocycles. The molecule has 74 valence electrons. The van der Waals surface area contributed by atoms with Crippen LogP contribution < -0.4 is 0 Å². The smallest absolute Gasteiger partial charge is 0.171 e. The van der Waals surface area contributed by atoms with E-state index in [-0.39, 0.29) is 5.57 Å². The Morgan fingerprint density at radius 1 is 1.38 bits per heavy atom. The van der Waals surface area contributed by atoms with Crippen molar-refractivity contribution in [3.05, 3.63) is 36.0 Å². The maximum atomic E-state index is 12.0. The molecule has 0 atom stereocenters. The van der Waals surface area contributed by atoms with Gasteiger partial charge in [-0.2, -0.15) is 13.2 Å². The van der Waals surface area contributed by atoms with Crippen LogP contribution in [0, 0.1) is 0 Å². The fourth-order valence-corrected chi connectivity index (χ4v) is 0.946. The van der Waals surface area contributed by atoms with Gasteiger partial charge >= 0.3 is 6.18 Å². The zero-order valence-corrected chi connectivity index (χ0v) is 7.78. The Morgan fingerprint density at radius 2 is 1.92 bits per heavy atom. The second-order valence-corrected chi connectivity index (χ2v) is 2.70.